The van der Waals surface area contributed by atoms with Gasteiger partial charge in [-0.15, -0.1) is 6.42 Å². The second kappa shape index (κ2) is 15.0. The van der Waals surface area contributed by atoms with E-state index in [2.05, 4.69) is 16.6 Å². The number of carbonyl (C=O) groups is 3. The predicted molar refractivity (Wildman–Crippen MR) is 155 cm³/mol. The van der Waals surface area contributed by atoms with Gasteiger partial charge in [-0.05, 0) is 57.7 Å². The monoisotopic (exact) mass is 533 g/mol. The Labute approximate surface area is 233 Å². The van der Waals surface area contributed by atoms with E-state index in [-0.39, 0.29) is 24.3 Å². The first-order valence-electron chi connectivity index (χ1n) is 13.7. The average molecular weight is 534 g/mol. The lowest BCUT2D eigenvalue weighted by atomic mass is 9.95. The number of nitrogens with zero attached hydrogens (tertiary/aromatic N) is 1. The fourth-order valence-electron chi connectivity index (χ4n) is 4.24. The summed E-state index contributed by atoms with van der Waals surface area (Å²) < 4.78 is 5.49. The minimum Gasteiger partial charge on any atom is -0.444 e. The van der Waals surface area contributed by atoms with Crippen LogP contribution < -0.4 is 10.6 Å². The number of ether oxygens (including phenoxy) is 1. The molecule has 2 aromatic rings. The van der Waals surface area contributed by atoms with Gasteiger partial charge in [-0.25, -0.2) is 4.79 Å². The summed E-state index contributed by atoms with van der Waals surface area (Å²) in [4.78, 5) is 42.6. The molecule has 3 unspecified atom stereocenters. The third kappa shape index (κ3) is 9.47. The summed E-state index contributed by atoms with van der Waals surface area (Å²) in [5.41, 5.74) is 1.23. The van der Waals surface area contributed by atoms with Crippen LogP contribution >= 0.6 is 0 Å². The Kier molecular flexibility index (Phi) is 12.1. The van der Waals surface area contributed by atoms with E-state index in [1.54, 1.807) is 37.8 Å². The van der Waals surface area contributed by atoms with Gasteiger partial charge < -0.3 is 20.3 Å². The maximum atomic E-state index is 14.4. The van der Waals surface area contributed by atoms with E-state index in [9.17, 15) is 14.4 Å². The summed E-state index contributed by atoms with van der Waals surface area (Å²) in [5.74, 6) is 1.97. The van der Waals surface area contributed by atoms with E-state index in [4.69, 9.17) is 11.2 Å². The van der Waals surface area contributed by atoms with Crippen LogP contribution in [-0.2, 0) is 20.7 Å². The second-order valence-electron chi connectivity index (χ2n) is 10.7. The smallest absolute Gasteiger partial charge is 0.408 e. The van der Waals surface area contributed by atoms with Crippen molar-refractivity contribution in [3.05, 3.63) is 71.3 Å². The lowest BCUT2D eigenvalue weighted by Gasteiger charge is -2.38. The molecule has 2 N–H and O–H groups in total. The van der Waals surface area contributed by atoms with Gasteiger partial charge in [-0.1, -0.05) is 74.7 Å². The molecule has 0 aliphatic carbocycles. The van der Waals surface area contributed by atoms with Gasteiger partial charge in [0.15, 0.2) is 0 Å². The molecule has 0 spiro atoms. The van der Waals surface area contributed by atoms with Crippen molar-refractivity contribution in [3.8, 4) is 12.3 Å². The molecule has 7 heteroatoms. The fourth-order valence-corrected chi connectivity index (χ4v) is 4.24. The minimum atomic E-state index is -0.977. The third-order valence-electron chi connectivity index (χ3n) is 6.36. The highest BCUT2D eigenvalue weighted by Gasteiger charge is 2.39. The summed E-state index contributed by atoms with van der Waals surface area (Å²) >= 11 is 0. The predicted octanol–water partition coefficient (Wildman–Crippen LogP) is 5.39. The lowest BCUT2D eigenvalue weighted by molar-refractivity contribution is -0.145. The van der Waals surface area contributed by atoms with Crippen LogP contribution in [0.15, 0.2) is 54.6 Å². The van der Waals surface area contributed by atoms with Gasteiger partial charge in [-0.3, -0.25) is 9.59 Å². The highest BCUT2D eigenvalue weighted by Crippen LogP contribution is 2.29. The molecule has 3 amide bonds. The number of rotatable bonds is 12. The standard InChI is InChI=1S/C32H43N3O4/c1-8-11-21-33-29(36)28(26-20-16-15-19-25(26)10-3)35(23(4)9-2)30(37)27(22-24-17-13-12-14-18-24)34-31(38)39-32(5,6)7/h3,12-20,23,27-28H,8-9,11,21-22H2,1-2,4-7H3,(H,33,36)(H,34,38). The largest absolute Gasteiger partial charge is 0.444 e. The number of nitrogens with one attached hydrogen (secondary N) is 2. The molecule has 7 nitrogen and oxygen atoms in total. The van der Waals surface area contributed by atoms with Crippen LogP contribution in [0.4, 0.5) is 4.79 Å². The SMILES string of the molecule is C#Cc1ccccc1C(C(=O)NCCCC)N(C(=O)C(Cc1ccccc1)NC(=O)OC(C)(C)C)C(C)CC. The molecule has 0 bridgehead atoms. The fraction of sp³-hybridized carbons (Fsp3) is 0.469. The van der Waals surface area contributed by atoms with Crippen LogP contribution in [0.1, 0.15) is 83.5 Å². The van der Waals surface area contributed by atoms with Crippen molar-refractivity contribution >= 4 is 17.9 Å². The van der Waals surface area contributed by atoms with Crippen molar-refractivity contribution in [2.24, 2.45) is 0 Å². The van der Waals surface area contributed by atoms with E-state index in [1.165, 1.54) is 0 Å². The highest BCUT2D eigenvalue weighted by atomic mass is 16.6. The van der Waals surface area contributed by atoms with Crippen molar-refractivity contribution in [2.45, 2.75) is 91.0 Å². The first-order valence-corrected chi connectivity index (χ1v) is 13.7. The Morgan fingerprint density at radius 2 is 1.67 bits per heavy atom. The Bertz CT molecular complexity index is 1130. The first-order chi connectivity index (χ1) is 18.5. The van der Waals surface area contributed by atoms with Crippen molar-refractivity contribution < 1.29 is 19.1 Å². The number of amides is 3. The maximum Gasteiger partial charge on any atom is 0.408 e. The molecule has 0 saturated heterocycles. The zero-order chi connectivity index (χ0) is 29.0. The first kappa shape index (κ1) is 31.4. The van der Waals surface area contributed by atoms with Crippen molar-refractivity contribution in [3.63, 3.8) is 0 Å². The van der Waals surface area contributed by atoms with E-state index in [0.717, 1.165) is 18.4 Å². The molecule has 2 rings (SSSR count). The van der Waals surface area contributed by atoms with Crippen molar-refractivity contribution in [2.75, 3.05) is 6.54 Å². The summed E-state index contributed by atoms with van der Waals surface area (Å²) in [6, 6.07) is 14.3. The van der Waals surface area contributed by atoms with Crippen LogP contribution in [0, 0.1) is 12.3 Å². The van der Waals surface area contributed by atoms with Gasteiger partial charge in [0.05, 0.1) is 0 Å². The zero-order valence-electron chi connectivity index (χ0n) is 24.1. The minimum absolute atomic E-state index is 0.229. The molecular formula is C32H43N3O4. The molecule has 210 valence electrons. The Morgan fingerprint density at radius 3 is 2.26 bits per heavy atom. The average Bonchev–Trinajstić information content (AvgIpc) is 2.90. The number of unbranched alkanes of at least 4 members (excludes halogenated alkanes) is 1. The maximum absolute atomic E-state index is 14.4. The summed E-state index contributed by atoms with van der Waals surface area (Å²) in [6.45, 7) is 11.7. The molecule has 0 saturated carbocycles. The molecule has 0 fully saturated rings. The van der Waals surface area contributed by atoms with Crippen LogP contribution in [0.25, 0.3) is 0 Å². The van der Waals surface area contributed by atoms with Gasteiger partial charge in [0.2, 0.25) is 11.8 Å². The summed E-state index contributed by atoms with van der Waals surface area (Å²) in [5, 5.41) is 5.78. The molecule has 0 aromatic heterocycles. The highest BCUT2D eigenvalue weighted by molar-refractivity contribution is 5.93. The van der Waals surface area contributed by atoms with E-state index >= 15 is 0 Å². The Hall–Kier alpha value is -3.79. The van der Waals surface area contributed by atoms with Gasteiger partial charge in [0.25, 0.3) is 0 Å². The van der Waals surface area contributed by atoms with Gasteiger partial charge >= 0.3 is 6.09 Å². The van der Waals surface area contributed by atoms with E-state index in [1.807, 2.05) is 63.2 Å². The molecule has 0 radical (unpaired) electrons. The molecular weight excluding hydrogens is 490 g/mol. The number of terminal acetylenes is 1. The quantitative estimate of drug-likeness (QED) is 0.283. The Balaban J connectivity index is 2.60. The third-order valence-corrected chi connectivity index (χ3v) is 6.36. The number of alkyl carbamates (subject to hydrolysis) is 1. The molecule has 0 aliphatic heterocycles. The van der Waals surface area contributed by atoms with Crippen LogP contribution in [-0.4, -0.2) is 47.0 Å². The second-order valence-corrected chi connectivity index (χ2v) is 10.7. The van der Waals surface area contributed by atoms with Crippen LogP contribution in [0.2, 0.25) is 0 Å². The lowest BCUT2D eigenvalue weighted by Crippen LogP contribution is -2.56. The van der Waals surface area contributed by atoms with Gasteiger partial charge in [0, 0.05) is 24.6 Å². The van der Waals surface area contributed by atoms with Crippen LogP contribution in [0.5, 0.6) is 0 Å². The summed E-state index contributed by atoms with van der Waals surface area (Å²) in [6.07, 6.45) is 7.67. The van der Waals surface area contributed by atoms with Crippen molar-refractivity contribution in [1.82, 2.24) is 15.5 Å². The van der Waals surface area contributed by atoms with Crippen molar-refractivity contribution in [1.29, 1.82) is 0 Å². The number of carbonyl (C=O) groups excluding carboxylic acids is 3. The number of hydrogen-bond donors (Lipinski definition) is 2. The Morgan fingerprint density at radius 1 is 1.03 bits per heavy atom. The topological polar surface area (TPSA) is 87.7 Å². The molecule has 0 heterocycles. The van der Waals surface area contributed by atoms with Crippen LogP contribution in [0.3, 0.4) is 0 Å². The van der Waals surface area contributed by atoms with E-state index < -0.39 is 23.8 Å². The van der Waals surface area contributed by atoms with E-state index in [0.29, 0.717) is 24.1 Å². The zero-order valence-corrected chi connectivity index (χ0v) is 24.1. The number of benzene rings is 2. The number of hydrogen-bond acceptors (Lipinski definition) is 4. The molecule has 3 atom stereocenters. The normalized spacial score (nSPS) is 13.4. The summed E-state index contributed by atoms with van der Waals surface area (Å²) in [7, 11) is 0. The molecule has 39 heavy (non-hydrogen) atoms. The van der Waals surface area contributed by atoms with Gasteiger partial charge in [0.1, 0.15) is 17.7 Å². The molecule has 0 aliphatic rings. The van der Waals surface area contributed by atoms with Gasteiger partial charge in [-0.2, -0.15) is 0 Å². The molecule has 2 aromatic carbocycles.